The Morgan fingerprint density at radius 1 is 1.59 bits per heavy atom. The molecule has 0 aliphatic carbocycles. The molecule has 0 radical (unpaired) electrons. The first-order valence-corrected chi connectivity index (χ1v) is 5.99. The molecular weight excluding hydrogens is 286 g/mol. The Morgan fingerprint density at radius 3 is 2.94 bits per heavy atom. The highest BCUT2D eigenvalue weighted by Gasteiger charge is 2.14. The summed E-state index contributed by atoms with van der Waals surface area (Å²) in [6.45, 7) is 4.50. The van der Waals surface area contributed by atoms with Crippen LogP contribution in [-0.4, -0.2) is 15.6 Å². The van der Waals surface area contributed by atoms with Crippen molar-refractivity contribution in [3.05, 3.63) is 34.2 Å². The predicted molar refractivity (Wildman–Crippen MR) is 67.0 cm³/mol. The van der Waals surface area contributed by atoms with Gasteiger partial charge in [-0.05, 0) is 35.8 Å². The monoisotopic (exact) mass is 297 g/mol. The second-order valence-electron chi connectivity index (χ2n) is 3.62. The lowest BCUT2D eigenvalue weighted by atomic mass is 10.4. The van der Waals surface area contributed by atoms with Gasteiger partial charge >= 0.3 is 0 Å². The van der Waals surface area contributed by atoms with Crippen molar-refractivity contribution >= 4 is 27.7 Å². The minimum absolute atomic E-state index is 0.214. The summed E-state index contributed by atoms with van der Waals surface area (Å²) < 4.78 is 7.66. The van der Waals surface area contributed by atoms with Gasteiger partial charge in [0, 0.05) is 23.3 Å². The summed E-state index contributed by atoms with van der Waals surface area (Å²) in [6, 6.07) is 3.44. The van der Waals surface area contributed by atoms with Crippen LogP contribution in [0.15, 0.2) is 27.3 Å². The number of rotatable bonds is 3. The number of hydrogen-bond acceptors (Lipinski definition) is 3. The van der Waals surface area contributed by atoms with Gasteiger partial charge in [-0.3, -0.25) is 10.1 Å². The van der Waals surface area contributed by atoms with E-state index in [0.29, 0.717) is 11.6 Å². The molecule has 0 spiro atoms. The molecule has 2 aromatic heterocycles. The lowest BCUT2D eigenvalue weighted by Gasteiger charge is -2.04. The first kappa shape index (κ1) is 11.9. The smallest absolute Gasteiger partial charge is 0.274 e. The number of amides is 1. The number of anilines is 1. The van der Waals surface area contributed by atoms with E-state index in [0.717, 1.165) is 16.7 Å². The van der Waals surface area contributed by atoms with Crippen molar-refractivity contribution in [1.29, 1.82) is 0 Å². The maximum Gasteiger partial charge on any atom is 0.274 e. The molecule has 0 fully saturated rings. The maximum absolute atomic E-state index is 12.0. The van der Waals surface area contributed by atoms with E-state index in [1.807, 2.05) is 17.7 Å². The van der Waals surface area contributed by atoms with E-state index < -0.39 is 0 Å². The molecule has 6 heteroatoms. The van der Waals surface area contributed by atoms with Crippen molar-refractivity contribution in [2.24, 2.45) is 0 Å². The van der Waals surface area contributed by atoms with Crippen LogP contribution in [0.5, 0.6) is 0 Å². The Labute approximate surface area is 107 Å². The van der Waals surface area contributed by atoms with Crippen LogP contribution < -0.4 is 5.32 Å². The molecule has 1 amide bonds. The summed E-state index contributed by atoms with van der Waals surface area (Å²) in [5, 5.41) is 6.36. The maximum atomic E-state index is 12.0. The van der Waals surface area contributed by atoms with Crippen LogP contribution in [-0.2, 0) is 6.54 Å². The summed E-state index contributed by atoms with van der Waals surface area (Å²) in [5.41, 5.74) is 1.31. The number of halogens is 1. The number of nitrogens with zero attached hydrogens (tertiary/aromatic N) is 2. The Balaban J connectivity index is 2.19. The molecule has 0 atom stereocenters. The van der Waals surface area contributed by atoms with Crippen molar-refractivity contribution < 1.29 is 9.32 Å². The van der Waals surface area contributed by atoms with E-state index in [4.69, 9.17) is 4.52 Å². The van der Waals surface area contributed by atoms with Crippen LogP contribution >= 0.6 is 15.9 Å². The molecule has 0 saturated heterocycles. The fraction of sp³-hybridized carbons (Fsp3) is 0.273. The number of hydrogen-bond donors (Lipinski definition) is 1. The standard InChI is InChI=1S/C11H12BrN3O2/c1-3-15-6-8(12)5-9(15)11(16)13-10-4-7(2)14-17-10/h4-6H,3H2,1-2H3,(H,13,16). The number of carbonyl (C=O) groups is 1. The Bertz CT molecular complexity index is 545. The van der Waals surface area contributed by atoms with E-state index in [2.05, 4.69) is 26.4 Å². The topological polar surface area (TPSA) is 60.1 Å². The third kappa shape index (κ3) is 2.58. The van der Waals surface area contributed by atoms with Gasteiger partial charge in [-0.2, -0.15) is 0 Å². The SMILES string of the molecule is CCn1cc(Br)cc1C(=O)Nc1cc(C)no1. The van der Waals surface area contributed by atoms with Gasteiger partial charge in [0.1, 0.15) is 5.69 Å². The molecule has 2 aromatic rings. The molecule has 0 saturated carbocycles. The molecule has 17 heavy (non-hydrogen) atoms. The summed E-state index contributed by atoms with van der Waals surface area (Å²) in [4.78, 5) is 12.0. The van der Waals surface area contributed by atoms with Crippen LogP contribution in [0.25, 0.3) is 0 Å². The fourth-order valence-electron chi connectivity index (χ4n) is 1.53. The second-order valence-corrected chi connectivity index (χ2v) is 4.53. The minimum Gasteiger partial charge on any atom is -0.343 e. The summed E-state index contributed by atoms with van der Waals surface area (Å²) >= 11 is 3.35. The molecule has 0 aliphatic heterocycles. The van der Waals surface area contributed by atoms with Gasteiger partial charge in [0.05, 0.1) is 5.69 Å². The molecule has 0 unspecified atom stereocenters. The van der Waals surface area contributed by atoms with Crippen LogP contribution in [0.4, 0.5) is 5.88 Å². The van der Waals surface area contributed by atoms with E-state index in [-0.39, 0.29) is 5.91 Å². The van der Waals surface area contributed by atoms with Crippen LogP contribution in [0.1, 0.15) is 23.1 Å². The fourth-order valence-corrected chi connectivity index (χ4v) is 1.99. The van der Waals surface area contributed by atoms with Crippen LogP contribution in [0, 0.1) is 6.92 Å². The number of aromatic nitrogens is 2. The summed E-state index contributed by atoms with van der Waals surface area (Å²) in [7, 11) is 0. The third-order valence-corrected chi connectivity index (χ3v) is 2.73. The highest BCUT2D eigenvalue weighted by Crippen LogP contribution is 2.17. The minimum atomic E-state index is -0.214. The first-order chi connectivity index (χ1) is 8.10. The highest BCUT2D eigenvalue weighted by molar-refractivity contribution is 9.10. The second kappa shape index (κ2) is 4.75. The Hall–Kier alpha value is -1.56. The molecule has 5 nitrogen and oxygen atoms in total. The van der Waals surface area contributed by atoms with E-state index in [9.17, 15) is 4.79 Å². The summed E-state index contributed by atoms with van der Waals surface area (Å²) in [5.74, 6) is 0.140. The zero-order valence-corrected chi connectivity index (χ0v) is 11.1. The molecule has 90 valence electrons. The van der Waals surface area contributed by atoms with Crippen LogP contribution in [0.3, 0.4) is 0 Å². The molecule has 0 aliphatic rings. The summed E-state index contributed by atoms with van der Waals surface area (Å²) in [6.07, 6.45) is 1.86. The van der Waals surface area contributed by atoms with Gasteiger partial charge in [-0.1, -0.05) is 5.16 Å². The third-order valence-electron chi connectivity index (χ3n) is 2.30. The predicted octanol–water partition coefficient (Wildman–Crippen LogP) is 2.82. The van der Waals surface area contributed by atoms with E-state index >= 15 is 0 Å². The number of aryl methyl sites for hydroxylation is 2. The van der Waals surface area contributed by atoms with Crippen molar-refractivity contribution in [2.45, 2.75) is 20.4 Å². The van der Waals surface area contributed by atoms with Crippen molar-refractivity contribution in [3.63, 3.8) is 0 Å². The van der Waals surface area contributed by atoms with Gasteiger partial charge < -0.3 is 9.09 Å². The molecule has 1 N–H and O–H groups in total. The van der Waals surface area contributed by atoms with Crippen LogP contribution in [0.2, 0.25) is 0 Å². The Morgan fingerprint density at radius 2 is 2.35 bits per heavy atom. The molecular formula is C11H12BrN3O2. The van der Waals surface area contributed by atoms with E-state index in [1.165, 1.54) is 0 Å². The Kier molecular flexibility index (Phi) is 3.33. The average Bonchev–Trinajstić information content (AvgIpc) is 2.84. The quantitative estimate of drug-likeness (QED) is 0.948. The van der Waals surface area contributed by atoms with Gasteiger partial charge in [-0.15, -0.1) is 0 Å². The lowest BCUT2D eigenvalue weighted by molar-refractivity contribution is 0.101. The van der Waals surface area contributed by atoms with Crippen molar-refractivity contribution in [1.82, 2.24) is 9.72 Å². The molecule has 0 aromatic carbocycles. The zero-order chi connectivity index (χ0) is 12.4. The average molecular weight is 298 g/mol. The molecule has 0 bridgehead atoms. The van der Waals surface area contributed by atoms with E-state index in [1.54, 1.807) is 19.1 Å². The van der Waals surface area contributed by atoms with Crippen molar-refractivity contribution in [2.75, 3.05) is 5.32 Å². The first-order valence-electron chi connectivity index (χ1n) is 5.20. The number of nitrogens with one attached hydrogen (secondary N) is 1. The van der Waals surface area contributed by atoms with Gasteiger partial charge in [0.25, 0.3) is 5.91 Å². The van der Waals surface area contributed by atoms with Crippen molar-refractivity contribution in [3.8, 4) is 0 Å². The van der Waals surface area contributed by atoms with Gasteiger partial charge in [0.2, 0.25) is 5.88 Å². The highest BCUT2D eigenvalue weighted by atomic mass is 79.9. The lowest BCUT2D eigenvalue weighted by Crippen LogP contribution is -2.15. The largest absolute Gasteiger partial charge is 0.343 e. The normalized spacial score (nSPS) is 10.5. The zero-order valence-electron chi connectivity index (χ0n) is 9.53. The van der Waals surface area contributed by atoms with Gasteiger partial charge in [-0.25, -0.2) is 0 Å². The molecule has 2 heterocycles. The van der Waals surface area contributed by atoms with Gasteiger partial charge in [0.15, 0.2) is 0 Å². The number of carbonyl (C=O) groups excluding carboxylic acids is 1. The molecule has 2 rings (SSSR count).